The van der Waals surface area contributed by atoms with Crippen LogP contribution in [0.2, 0.25) is 0 Å². The summed E-state index contributed by atoms with van der Waals surface area (Å²) in [7, 11) is 1.68. The van der Waals surface area contributed by atoms with Gasteiger partial charge in [-0.3, -0.25) is 0 Å². The molecule has 0 unspecified atom stereocenters. The van der Waals surface area contributed by atoms with Crippen molar-refractivity contribution in [3.05, 3.63) is 0 Å². The summed E-state index contributed by atoms with van der Waals surface area (Å²) in [4.78, 5) is 0. The maximum Gasteiger partial charge on any atom is 0.0700 e. The lowest BCUT2D eigenvalue weighted by atomic mass is 10.4. The second-order valence-electron chi connectivity index (χ2n) is 3.32. The first-order valence-corrected chi connectivity index (χ1v) is 5.77. The molecule has 0 amide bonds. The minimum Gasteiger partial charge on any atom is -0.382 e. The average molecular weight is 219 g/mol. The Morgan fingerprint density at radius 2 is 1.67 bits per heavy atom. The molecule has 0 saturated heterocycles. The molecule has 4 nitrogen and oxygen atoms in total. The van der Waals surface area contributed by atoms with E-state index in [2.05, 4.69) is 12.2 Å². The predicted octanol–water partition coefficient (Wildman–Crippen LogP) is 1.06. The minimum atomic E-state index is 0.671. The number of rotatable bonds is 12. The molecule has 0 aliphatic carbocycles. The maximum atomic E-state index is 5.35. The van der Waals surface area contributed by atoms with Crippen LogP contribution in [0.3, 0.4) is 0 Å². The highest BCUT2D eigenvalue weighted by Crippen LogP contribution is 1.83. The van der Waals surface area contributed by atoms with Crippen LogP contribution in [0, 0.1) is 0 Å². The van der Waals surface area contributed by atoms with Gasteiger partial charge in [-0.25, -0.2) is 0 Å². The van der Waals surface area contributed by atoms with Gasteiger partial charge in [0.05, 0.1) is 19.8 Å². The van der Waals surface area contributed by atoms with Crippen LogP contribution in [0.1, 0.15) is 19.8 Å². The van der Waals surface area contributed by atoms with Crippen molar-refractivity contribution < 1.29 is 14.2 Å². The van der Waals surface area contributed by atoms with Gasteiger partial charge >= 0.3 is 0 Å². The van der Waals surface area contributed by atoms with Crippen LogP contribution in [-0.2, 0) is 14.2 Å². The summed E-state index contributed by atoms with van der Waals surface area (Å²) in [6.45, 7) is 7.85. The van der Waals surface area contributed by atoms with Crippen molar-refractivity contribution in [3.63, 3.8) is 0 Å². The Morgan fingerprint density at radius 1 is 0.867 bits per heavy atom. The molecule has 0 heterocycles. The molecule has 0 aromatic carbocycles. The van der Waals surface area contributed by atoms with Crippen molar-refractivity contribution in [2.75, 3.05) is 53.2 Å². The zero-order valence-corrected chi connectivity index (χ0v) is 10.1. The van der Waals surface area contributed by atoms with Crippen molar-refractivity contribution in [2.45, 2.75) is 19.8 Å². The van der Waals surface area contributed by atoms with E-state index in [-0.39, 0.29) is 0 Å². The summed E-state index contributed by atoms with van der Waals surface area (Å²) in [5, 5.41) is 3.29. The lowest BCUT2D eigenvalue weighted by molar-refractivity contribution is 0.0716. The third kappa shape index (κ3) is 13.8. The first-order chi connectivity index (χ1) is 7.41. The molecule has 0 spiro atoms. The summed E-state index contributed by atoms with van der Waals surface area (Å²) in [5.74, 6) is 0. The van der Waals surface area contributed by atoms with Gasteiger partial charge in [-0.1, -0.05) is 6.92 Å². The topological polar surface area (TPSA) is 39.7 Å². The van der Waals surface area contributed by atoms with E-state index in [0.717, 1.165) is 45.8 Å². The molecule has 0 aliphatic heterocycles. The molecule has 0 saturated carbocycles. The summed E-state index contributed by atoms with van der Waals surface area (Å²) in [6, 6.07) is 0. The third-order valence-corrected chi connectivity index (χ3v) is 1.85. The van der Waals surface area contributed by atoms with Crippen LogP contribution < -0.4 is 5.32 Å². The molecule has 4 heteroatoms. The van der Waals surface area contributed by atoms with Crippen molar-refractivity contribution in [2.24, 2.45) is 0 Å². The van der Waals surface area contributed by atoms with Gasteiger partial charge in [0.1, 0.15) is 0 Å². The third-order valence-electron chi connectivity index (χ3n) is 1.85. The number of nitrogens with one attached hydrogen (secondary N) is 1. The molecule has 1 N–H and O–H groups in total. The van der Waals surface area contributed by atoms with Gasteiger partial charge in [0.2, 0.25) is 0 Å². The van der Waals surface area contributed by atoms with Crippen LogP contribution in [0.5, 0.6) is 0 Å². The fourth-order valence-electron chi connectivity index (χ4n) is 1.06. The first-order valence-electron chi connectivity index (χ1n) is 5.77. The van der Waals surface area contributed by atoms with Crippen LogP contribution in [0.4, 0.5) is 0 Å². The van der Waals surface area contributed by atoms with E-state index in [1.54, 1.807) is 7.11 Å². The number of methoxy groups -OCH3 is 1. The smallest absolute Gasteiger partial charge is 0.0700 e. The highest BCUT2D eigenvalue weighted by molar-refractivity contribution is 4.46. The van der Waals surface area contributed by atoms with E-state index in [1.165, 1.54) is 0 Å². The van der Waals surface area contributed by atoms with E-state index < -0.39 is 0 Å². The summed E-state index contributed by atoms with van der Waals surface area (Å²) < 4.78 is 15.5. The van der Waals surface area contributed by atoms with Gasteiger partial charge in [0.25, 0.3) is 0 Å². The first kappa shape index (κ1) is 14.8. The lowest BCUT2D eigenvalue weighted by Gasteiger charge is -2.06. The fraction of sp³-hybridized carbons (Fsp3) is 1.00. The number of hydrogen-bond donors (Lipinski definition) is 1. The molecule has 0 atom stereocenters. The Hall–Kier alpha value is -0.160. The van der Waals surface area contributed by atoms with E-state index in [0.29, 0.717) is 13.2 Å². The van der Waals surface area contributed by atoms with Crippen LogP contribution >= 0.6 is 0 Å². The molecular formula is C11H25NO3. The van der Waals surface area contributed by atoms with E-state index in [9.17, 15) is 0 Å². The molecule has 0 bridgehead atoms. The van der Waals surface area contributed by atoms with E-state index >= 15 is 0 Å². The van der Waals surface area contributed by atoms with Gasteiger partial charge in [-0.05, 0) is 19.4 Å². The standard InChI is InChI=1S/C11H25NO3/c1-3-7-14-8-4-5-12-6-9-15-11-10-13-2/h12H,3-11H2,1-2H3. The van der Waals surface area contributed by atoms with Gasteiger partial charge in [0, 0.05) is 26.9 Å². The van der Waals surface area contributed by atoms with Crippen molar-refractivity contribution in [3.8, 4) is 0 Å². The molecule has 0 fully saturated rings. The summed E-state index contributed by atoms with van der Waals surface area (Å²) >= 11 is 0. The normalized spacial score (nSPS) is 10.8. The van der Waals surface area contributed by atoms with Gasteiger partial charge in [-0.15, -0.1) is 0 Å². The largest absolute Gasteiger partial charge is 0.382 e. The van der Waals surface area contributed by atoms with Crippen molar-refractivity contribution >= 4 is 0 Å². The second kappa shape index (κ2) is 13.8. The number of hydrogen-bond acceptors (Lipinski definition) is 4. The minimum absolute atomic E-state index is 0.671. The highest BCUT2D eigenvalue weighted by Gasteiger charge is 1.90. The molecule has 0 radical (unpaired) electrons. The molecule has 0 aromatic rings. The van der Waals surface area contributed by atoms with Crippen LogP contribution in [-0.4, -0.2) is 53.2 Å². The second-order valence-corrected chi connectivity index (χ2v) is 3.32. The van der Waals surface area contributed by atoms with Crippen molar-refractivity contribution in [1.29, 1.82) is 0 Å². The predicted molar refractivity (Wildman–Crippen MR) is 61.3 cm³/mol. The Balaban J connectivity index is 2.81. The lowest BCUT2D eigenvalue weighted by Crippen LogP contribution is -2.22. The highest BCUT2D eigenvalue weighted by atomic mass is 16.5. The number of ether oxygens (including phenoxy) is 3. The van der Waals surface area contributed by atoms with Crippen LogP contribution in [0.15, 0.2) is 0 Å². The molecule has 0 rings (SSSR count). The summed E-state index contributed by atoms with van der Waals surface area (Å²) in [5.41, 5.74) is 0. The molecule has 15 heavy (non-hydrogen) atoms. The zero-order valence-electron chi connectivity index (χ0n) is 10.1. The van der Waals surface area contributed by atoms with E-state index in [1.807, 2.05) is 0 Å². The zero-order chi connectivity index (χ0) is 11.2. The monoisotopic (exact) mass is 219 g/mol. The maximum absolute atomic E-state index is 5.35. The Labute approximate surface area is 93.3 Å². The Bertz CT molecular complexity index is 100. The Kier molecular flexibility index (Phi) is 13.7. The molecule has 0 aromatic heterocycles. The molecule has 92 valence electrons. The van der Waals surface area contributed by atoms with E-state index in [4.69, 9.17) is 14.2 Å². The van der Waals surface area contributed by atoms with Gasteiger partial charge in [-0.2, -0.15) is 0 Å². The van der Waals surface area contributed by atoms with Gasteiger partial charge in [0.15, 0.2) is 0 Å². The SMILES string of the molecule is CCCOCCCNCCOCCOC. The molecular weight excluding hydrogens is 194 g/mol. The van der Waals surface area contributed by atoms with Crippen molar-refractivity contribution in [1.82, 2.24) is 5.32 Å². The fourth-order valence-corrected chi connectivity index (χ4v) is 1.06. The summed E-state index contributed by atoms with van der Waals surface area (Å²) in [6.07, 6.45) is 2.17. The molecule has 0 aliphatic rings. The van der Waals surface area contributed by atoms with Gasteiger partial charge < -0.3 is 19.5 Å². The Morgan fingerprint density at radius 3 is 2.40 bits per heavy atom. The quantitative estimate of drug-likeness (QED) is 0.498. The average Bonchev–Trinajstić information content (AvgIpc) is 2.26. The van der Waals surface area contributed by atoms with Crippen LogP contribution in [0.25, 0.3) is 0 Å².